The molecule has 2 heterocycles. The number of fused-ring (bicyclic) bond motifs is 1. The third-order valence-corrected chi connectivity index (χ3v) is 2.29. The predicted octanol–water partition coefficient (Wildman–Crippen LogP) is 0.257. The first-order valence-corrected chi connectivity index (χ1v) is 3.97. The second kappa shape index (κ2) is 2.34. The highest BCUT2D eigenvalue weighted by Gasteiger charge is 2.31. The molecule has 3 heteroatoms. The minimum atomic E-state index is -0.390. The van der Waals surface area contributed by atoms with Gasteiger partial charge < -0.3 is 10.0 Å². The number of aliphatic hydroxyl groups is 1. The Balaban J connectivity index is 2.28. The Morgan fingerprint density at radius 1 is 1.64 bits per heavy atom. The van der Waals surface area contributed by atoms with E-state index >= 15 is 0 Å². The highest BCUT2D eigenvalue weighted by molar-refractivity contribution is 5.80. The molecule has 1 atom stereocenters. The molecular weight excluding hydrogens is 142 g/mol. The summed E-state index contributed by atoms with van der Waals surface area (Å²) in [6.07, 6.45) is 3.69. The number of carbonyl (C=O) groups is 1. The van der Waals surface area contributed by atoms with Crippen molar-refractivity contribution in [2.75, 3.05) is 6.54 Å². The Bertz CT molecular complexity index is 222. The molecule has 2 rings (SSSR count). The lowest BCUT2D eigenvalue weighted by atomic mass is 10.1. The van der Waals surface area contributed by atoms with E-state index in [1.807, 2.05) is 6.08 Å². The maximum atomic E-state index is 11.2. The van der Waals surface area contributed by atoms with Gasteiger partial charge >= 0.3 is 0 Å². The van der Waals surface area contributed by atoms with Crippen molar-refractivity contribution >= 4 is 5.91 Å². The second-order valence-electron chi connectivity index (χ2n) is 3.02. The van der Waals surface area contributed by atoms with Gasteiger partial charge in [-0.15, -0.1) is 0 Å². The minimum absolute atomic E-state index is 0.166. The zero-order chi connectivity index (χ0) is 7.84. The van der Waals surface area contributed by atoms with Gasteiger partial charge in [0, 0.05) is 18.7 Å². The molecule has 11 heavy (non-hydrogen) atoms. The molecule has 0 bridgehead atoms. The van der Waals surface area contributed by atoms with Crippen LogP contribution in [0.4, 0.5) is 0 Å². The molecule has 0 radical (unpaired) electrons. The Kier molecular flexibility index (Phi) is 1.46. The van der Waals surface area contributed by atoms with Gasteiger partial charge in [-0.2, -0.15) is 0 Å². The number of nitrogens with zero attached hydrogens (tertiary/aromatic N) is 1. The van der Waals surface area contributed by atoms with Gasteiger partial charge in [0.05, 0.1) is 6.10 Å². The van der Waals surface area contributed by atoms with Gasteiger partial charge in [0.2, 0.25) is 5.91 Å². The molecule has 0 saturated carbocycles. The first kappa shape index (κ1) is 6.85. The number of amides is 1. The average molecular weight is 153 g/mol. The summed E-state index contributed by atoms with van der Waals surface area (Å²) in [5, 5.41) is 9.38. The smallest absolute Gasteiger partial charge is 0.227 e. The Morgan fingerprint density at radius 2 is 2.45 bits per heavy atom. The molecule has 0 aromatic carbocycles. The van der Waals surface area contributed by atoms with Crippen molar-refractivity contribution in [2.24, 2.45) is 0 Å². The summed E-state index contributed by atoms with van der Waals surface area (Å²) in [5.41, 5.74) is 0.834. The maximum Gasteiger partial charge on any atom is 0.227 e. The molecule has 0 aromatic heterocycles. The number of aliphatic hydroxyl groups excluding tert-OH is 1. The zero-order valence-corrected chi connectivity index (χ0v) is 6.29. The van der Waals surface area contributed by atoms with Crippen molar-refractivity contribution in [2.45, 2.75) is 25.4 Å². The Labute approximate surface area is 65.3 Å². The van der Waals surface area contributed by atoms with Gasteiger partial charge in [0.1, 0.15) is 0 Å². The van der Waals surface area contributed by atoms with Crippen LogP contribution in [0.15, 0.2) is 11.8 Å². The Hall–Kier alpha value is -0.830. The van der Waals surface area contributed by atoms with Crippen LogP contribution in [-0.4, -0.2) is 28.6 Å². The molecule has 0 aliphatic carbocycles. The van der Waals surface area contributed by atoms with Crippen LogP contribution in [0.3, 0.4) is 0 Å². The molecule has 1 N–H and O–H groups in total. The molecule has 1 saturated heterocycles. The third kappa shape index (κ3) is 0.959. The fourth-order valence-electron chi connectivity index (χ4n) is 1.70. The van der Waals surface area contributed by atoms with Crippen molar-refractivity contribution in [1.29, 1.82) is 0 Å². The van der Waals surface area contributed by atoms with Gasteiger partial charge in [-0.3, -0.25) is 4.79 Å². The van der Waals surface area contributed by atoms with Crippen LogP contribution >= 0.6 is 0 Å². The van der Waals surface area contributed by atoms with Gasteiger partial charge in [0.25, 0.3) is 0 Å². The fraction of sp³-hybridized carbons (Fsp3) is 0.625. The van der Waals surface area contributed by atoms with E-state index in [2.05, 4.69) is 0 Å². The molecule has 1 fully saturated rings. The van der Waals surface area contributed by atoms with Crippen molar-refractivity contribution in [3.63, 3.8) is 0 Å². The fourth-order valence-corrected chi connectivity index (χ4v) is 1.70. The van der Waals surface area contributed by atoms with Crippen LogP contribution in [0, 0.1) is 0 Å². The largest absolute Gasteiger partial charge is 0.387 e. The molecule has 0 spiro atoms. The number of hydrogen-bond donors (Lipinski definition) is 1. The molecule has 2 aliphatic heterocycles. The minimum Gasteiger partial charge on any atom is -0.387 e. The number of allylic oxidation sites excluding steroid dienone is 1. The lowest BCUT2D eigenvalue weighted by Gasteiger charge is -2.22. The van der Waals surface area contributed by atoms with Gasteiger partial charge in [-0.05, 0) is 12.8 Å². The van der Waals surface area contributed by atoms with E-state index < -0.39 is 0 Å². The van der Waals surface area contributed by atoms with Crippen LogP contribution in [0.1, 0.15) is 19.3 Å². The molecule has 0 aromatic rings. The summed E-state index contributed by atoms with van der Waals surface area (Å²) in [6, 6.07) is 0. The first-order chi connectivity index (χ1) is 5.29. The summed E-state index contributed by atoms with van der Waals surface area (Å²) in [5.74, 6) is 0.166. The van der Waals surface area contributed by atoms with Gasteiger partial charge in [-0.1, -0.05) is 6.08 Å². The van der Waals surface area contributed by atoms with Crippen molar-refractivity contribution in [3.05, 3.63) is 11.8 Å². The number of rotatable bonds is 0. The first-order valence-electron chi connectivity index (χ1n) is 3.97. The monoisotopic (exact) mass is 153 g/mol. The lowest BCUT2D eigenvalue weighted by molar-refractivity contribution is -0.129. The number of carbonyl (C=O) groups excluding carboxylic acids is 1. The van der Waals surface area contributed by atoms with Gasteiger partial charge in [-0.25, -0.2) is 0 Å². The van der Waals surface area contributed by atoms with Crippen molar-refractivity contribution < 1.29 is 9.90 Å². The molecule has 3 nitrogen and oxygen atoms in total. The van der Waals surface area contributed by atoms with Crippen LogP contribution in [0.25, 0.3) is 0 Å². The molecule has 60 valence electrons. The van der Waals surface area contributed by atoms with E-state index in [4.69, 9.17) is 0 Å². The predicted molar refractivity (Wildman–Crippen MR) is 39.7 cm³/mol. The highest BCUT2D eigenvalue weighted by atomic mass is 16.3. The quantitative estimate of drug-likeness (QED) is 0.542. The molecule has 1 amide bonds. The van der Waals surface area contributed by atoms with E-state index in [9.17, 15) is 9.90 Å². The van der Waals surface area contributed by atoms with Crippen LogP contribution in [0.5, 0.6) is 0 Å². The molecule has 0 unspecified atom stereocenters. The maximum absolute atomic E-state index is 11.2. The van der Waals surface area contributed by atoms with Crippen LogP contribution in [-0.2, 0) is 4.79 Å². The van der Waals surface area contributed by atoms with Crippen molar-refractivity contribution in [3.8, 4) is 0 Å². The summed E-state index contributed by atoms with van der Waals surface area (Å²) in [6.45, 7) is 0.700. The molecule has 2 aliphatic rings. The average Bonchev–Trinajstić information content (AvgIpc) is 2.35. The van der Waals surface area contributed by atoms with Crippen molar-refractivity contribution in [1.82, 2.24) is 4.90 Å². The summed E-state index contributed by atoms with van der Waals surface area (Å²) in [7, 11) is 0. The zero-order valence-electron chi connectivity index (χ0n) is 6.29. The third-order valence-electron chi connectivity index (χ3n) is 2.29. The second-order valence-corrected chi connectivity index (χ2v) is 3.02. The normalized spacial score (nSPS) is 30.3. The summed E-state index contributed by atoms with van der Waals surface area (Å²) >= 11 is 0. The number of hydrogen-bond acceptors (Lipinski definition) is 2. The summed E-state index contributed by atoms with van der Waals surface area (Å²) in [4.78, 5) is 12.9. The van der Waals surface area contributed by atoms with E-state index in [-0.39, 0.29) is 12.0 Å². The van der Waals surface area contributed by atoms with E-state index in [1.54, 1.807) is 4.90 Å². The lowest BCUT2D eigenvalue weighted by Crippen LogP contribution is -2.30. The SMILES string of the molecule is O=C1CCC=C2[C@H](O)CCN12. The Morgan fingerprint density at radius 3 is 3.18 bits per heavy atom. The van der Waals surface area contributed by atoms with Gasteiger partial charge in [0.15, 0.2) is 0 Å². The topological polar surface area (TPSA) is 40.5 Å². The van der Waals surface area contributed by atoms with E-state index in [0.717, 1.165) is 12.1 Å². The molecular formula is C8H11NO2. The summed E-state index contributed by atoms with van der Waals surface area (Å²) < 4.78 is 0. The van der Waals surface area contributed by atoms with Crippen LogP contribution in [0.2, 0.25) is 0 Å². The van der Waals surface area contributed by atoms with E-state index in [1.165, 1.54) is 0 Å². The van der Waals surface area contributed by atoms with Crippen LogP contribution < -0.4 is 0 Å². The standard InChI is InChI=1S/C8H11NO2/c10-7-4-5-9-6(7)2-1-3-8(9)11/h2,7,10H,1,3-5H2/t7-/m1/s1. The van der Waals surface area contributed by atoms with E-state index in [0.29, 0.717) is 19.4 Å². The highest BCUT2D eigenvalue weighted by Crippen LogP contribution is 2.26.